The van der Waals surface area contributed by atoms with Crippen LogP contribution in [0.25, 0.3) is 11.1 Å². The molecule has 1 amide bonds. The van der Waals surface area contributed by atoms with E-state index < -0.39 is 0 Å². The van der Waals surface area contributed by atoms with Gasteiger partial charge in [0.1, 0.15) is 0 Å². The Balaban J connectivity index is 0.00000192. The van der Waals surface area contributed by atoms with Crippen molar-refractivity contribution in [1.29, 1.82) is 0 Å². The number of carbonyl (C=O) groups excluding carboxylic acids is 1. The molecule has 23 heavy (non-hydrogen) atoms. The van der Waals surface area contributed by atoms with Crippen LogP contribution in [0.1, 0.15) is 22.5 Å². The summed E-state index contributed by atoms with van der Waals surface area (Å²) in [6.07, 6.45) is 3.58. The highest BCUT2D eigenvalue weighted by molar-refractivity contribution is 6.17. The predicted octanol–water partition coefficient (Wildman–Crippen LogP) is 4.04. The molecule has 122 valence electrons. The lowest BCUT2D eigenvalue weighted by atomic mass is 9.97. The summed E-state index contributed by atoms with van der Waals surface area (Å²) in [6.45, 7) is 0.739. The summed E-state index contributed by atoms with van der Waals surface area (Å²) < 4.78 is 0. The van der Waals surface area contributed by atoms with E-state index in [0.29, 0.717) is 11.8 Å². The summed E-state index contributed by atoms with van der Waals surface area (Å²) in [5.74, 6) is 1.05. The highest BCUT2D eigenvalue weighted by Gasteiger charge is 2.26. The molecule has 0 aliphatic carbocycles. The van der Waals surface area contributed by atoms with Crippen molar-refractivity contribution in [3.8, 4) is 11.1 Å². The number of carbonyl (C=O) groups is 1. The first-order valence-corrected chi connectivity index (χ1v) is 8.08. The third kappa shape index (κ3) is 3.85. The van der Waals surface area contributed by atoms with Crippen LogP contribution in [0.2, 0.25) is 0 Å². The van der Waals surface area contributed by atoms with Crippen molar-refractivity contribution in [1.82, 2.24) is 9.88 Å². The zero-order chi connectivity index (χ0) is 15.5. The van der Waals surface area contributed by atoms with E-state index >= 15 is 0 Å². The van der Waals surface area contributed by atoms with E-state index in [-0.39, 0.29) is 18.3 Å². The van der Waals surface area contributed by atoms with Crippen LogP contribution in [0.4, 0.5) is 0 Å². The molecule has 1 aliphatic rings. The fourth-order valence-electron chi connectivity index (χ4n) is 2.99. The average Bonchev–Trinajstić information content (AvgIpc) is 2.66. The van der Waals surface area contributed by atoms with Crippen molar-refractivity contribution in [3.05, 3.63) is 53.9 Å². The van der Waals surface area contributed by atoms with Crippen LogP contribution >= 0.6 is 24.0 Å². The summed E-state index contributed by atoms with van der Waals surface area (Å²) in [4.78, 5) is 19.0. The maximum Gasteiger partial charge on any atom is 0.255 e. The van der Waals surface area contributed by atoms with E-state index in [1.54, 1.807) is 4.90 Å². The minimum absolute atomic E-state index is 0. The first-order chi connectivity index (χ1) is 10.7. The zero-order valence-electron chi connectivity index (χ0n) is 13.0. The Morgan fingerprint density at radius 2 is 2.00 bits per heavy atom. The molecule has 1 aliphatic heterocycles. The Labute approximate surface area is 148 Å². The van der Waals surface area contributed by atoms with Gasteiger partial charge in [-0.1, -0.05) is 30.3 Å². The topological polar surface area (TPSA) is 33.2 Å². The number of fused-ring (bicyclic) bond motifs is 1. The molecule has 0 radical (unpaired) electrons. The number of hydrogen-bond donors (Lipinski definition) is 0. The third-order valence-electron chi connectivity index (χ3n) is 4.19. The SMILES string of the molecule is CN1CC(CCCl)Cc2ncc(-c3ccccc3)cc2C1=O.Cl. The number of rotatable bonds is 3. The fourth-order valence-corrected chi connectivity index (χ4v) is 3.30. The van der Waals surface area contributed by atoms with Gasteiger partial charge in [-0.2, -0.15) is 0 Å². The standard InChI is InChI=1S/C18H19ClN2O.ClH/c1-21-12-13(7-8-19)9-17-16(18(21)22)10-15(11-20-17)14-5-3-2-4-6-14;/h2-6,10-11,13H,7-9,12H2,1H3;1H. The molecule has 1 aromatic heterocycles. The van der Waals surface area contributed by atoms with E-state index in [0.717, 1.165) is 41.8 Å². The Hall–Kier alpha value is -1.58. The molecule has 0 bridgehead atoms. The lowest BCUT2D eigenvalue weighted by Gasteiger charge is -2.19. The summed E-state index contributed by atoms with van der Waals surface area (Å²) in [6, 6.07) is 12.0. The van der Waals surface area contributed by atoms with Crippen LogP contribution in [0.3, 0.4) is 0 Å². The van der Waals surface area contributed by atoms with Crippen LogP contribution < -0.4 is 0 Å². The monoisotopic (exact) mass is 350 g/mol. The van der Waals surface area contributed by atoms with Crippen molar-refractivity contribution in [3.63, 3.8) is 0 Å². The minimum Gasteiger partial charge on any atom is -0.341 e. The molecule has 1 atom stereocenters. The zero-order valence-corrected chi connectivity index (χ0v) is 14.6. The van der Waals surface area contributed by atoms with Gasteiger partial charge >= 0.3 is 0 Å². The molecule has 0 saturated carbocycles. The van der Waals surface area contributed by atoms with Gasteiger partial charge in [0.15, 0.2) is 0 Å². The van der Waals surface area contributed by atoms with Gasteiger partial charge in [0, 0.05) is 31.2 Å². The van der Waals surface area contributed by atoms with Crippen LogP contribution in [-0.4, -0.2) is 35.3 Å². The average molecular weight is 351 g/mol. The van der Waals surface area contributed by atoms with E-state index in [1.165, 1.54) is 0 Å². The highest BCUT2D eigenvalue weighted by Crippen LogP contribution is 2.26. The number of hydrogen-bond acceptors (Lipinski definition) is 2. The summed E-state index contributed by atoms with van der Waals surface area (Å²) in [5.41, 5.74) is 3.68. The van der Waals surface area contributed by atoms with Crippen LogP contribution in [0.15, 0.2) is 42.6 Å². The second-order valence-electron chi connectivity index (χ2n) is 5.82. The largest absolute Gasteiger partial charge is 0.341 e. The lowest BCUT2D eigenvalue weighted by molar-refractivity contribution is 0.0782. The minimum atomic E-state index is 0. The van der Waals surface area contributed by atoms with Gasteiger partial charge in [0.2, 0.25) is 0 Å². The lowest BCUT2D eigenvalue weighted by Crippen LogP contribution is -2.30. The first-order valence-electron chi connectivity index (χ1n) is 7.55. The normalized spacial score (nSPS) is 17.2. The van der Waals surface area contributed by atoms with Crippen LogP contribution in [-0.2, 0) is 6.42 Å². The van der Waals surface area contributed by atoms with Crippen molar-refractivity contribution in [2.24, 2.45) is 5.92 Å². The summed E-state index contributed by atoms with van der Waals surface area (Å²) in [7, 11) is 1.86. The molecule has 3 nitrogen and oxygen atoms in total. The molecular formula is C18H20Cl2N2O. The molecular weight excluding hydrogens is 331 g/mol. The summed E-state index contributed by atoms with van der Waals surface area (Å²) in [5, 5.41) is 0. The second-order valence-corrected chi connectivity index (χ2v) is 6.20. The first kappa shape index (κ1) is 17.8. The Morgan fingerprint density at radius 3 is 2.70 bits per heavy atom. The number of alkyl halides is 1. The van der Waals surface area contributed by atoms with Crippen molar-refractivity contribution >= 4 is 29.9 Å². The van der Waals surface area contributed by atoms with Gasteiger partial charge < -0.3 is 4.90 Å². The molecule has 2 heterocycles. The number of nitrogens with zero attached hydrogens (tertiary/aromatic N) is 2. The fraction of sp³-hybridized carbons (Fsp3) is 0.333. The van der Waals surface area contributed by atoms with Crippen LogP contribution in [0, 0.1) is 5.92 Å². The van der Waals surface area contributed by atoms with Crippen molar-refractivity contribution in [2.75, 3.05) is 19.5 Å². The van der Waals surface area contributed by atoms with Gasteiger partial charge in [-0.25, -0.2) is 0 Å². The number of aromatic nitrogens is 1. The highest BCUT2D eigenvalue weighted by atomic mass is 35.5. The molecule has 1 aromatic carbocycles. The maximum absolute atomic E-state index is 12.6. The number of benzene rings is 1. The smallest absolute Gasteiger partial charge is 0.255 e. The quantitative estimate of drug-likeness (QED) is 0.782. The Bertz CT molecular complexity index is 676. The molecule has 0 N–H and O–H groups in total. The summed E-state index contributed by atoms with van der Waals surface area (Å²) >= 11 is 5.88. The van der Waals surface area contributed by atoms with Gasteiger partial charge in [-0.05, 0) is 30.4 Å². The van der Waals surface area contributed by atoms with E-state index in [4.69, 9.17) is 11.6 Å². The second kappa shape index (κ2) is 7.80. The van der Waals surface area contributed by atoms with Crippen LogP contribution in [0.5, 0.6) is 0 Å². The Kier molecular flexibility index (Phi) is 6.03. The predicted molar refractivity (Wildman–Crippen MR) is 96.4 cm³/mol. The molecule has 1 unspecified atom stereocenters. The maximum atomic E-state index is 12.6. The van der Waals surface area contributed by atoms with E-state index in [2.05, 4.69) is 4.98 Å². The van der Waals surface area contributed by atoms with Gasteiger partial charge in [-0.3, -0.25) is 9.78 Å². The number of halogens is 2. The third-order valence-corrected chi connectivity index (χ3v) is 4.40. The van der Waals surface area contributed by atoms with Crippen molar-refractivity contribution in [2.45, 2.75) is 12.8 Å². The van der Waals surface area contributed by atoms with Crippen molar-refractivity contribution < 1.29 is 4.79 Å². The van der Waals surface area contributed by atoms with Gasteiger partial charge in [0.05, 0.1) is 11.3 Å². The molecule has 0 saturated heterocycles. The molecule has 0 spiro atoms. The van der Waals surface area contributed by atoms with Gasteiger partial charge in [0.25, 0.3) is 5.91 Å². The van der Waals surface area contributed by atoms with E-state index in [9.17, 15) is 4.79 Å². The van der Waals surface area contributed by atoms with E-state index in [1.807, 2.05) is 49.6 Å². The van der Waals surface area contributed by atoms with Gasteiger partial charge in [-0.15, -0.1) is 24.0 Å². The molecule has 0 fully saturated rings. The molecule has 5 heteroatoms. The number of amides is 1. The number of pyridine rings is 1. The Morgan fingerprint density at radius 1 is 1.26 bits per heavy atom. The molecule has 2 aromatic rings. The molecule has 3 rings (SSSR count).